The van der Waals surface area contributed by atoms with Gasteiger partial charge in [-0.1, -0.05) is 20.3 Å². The largest absolute Gasteiger partial charge is 0.481 e. The molecule has 2 N–H and O–H groups in total. The Kier molecular flexibility index (Phi) is 4.95. The van der Waals surface area contributed by atoms with Gasteiger partial charge >= 0.3 is 5.97 Å². The van der Waals surface area contributed by atoms with E-state index in [2.05, 4.69) is 18.6 Å². The van der Waals surface area contributed by atoms with Crippen LogP contribution in [0, 0.1) is 11.3 Å². The molecule has 2 fully saturated rings. The Balaban J connectivity index is 1.99. The fourth-order valence-electron chi connectivity index (χ4n) is 3.45. The van der Waals surface area contributed by atoms with E-state index in [1.54, 1.807) is 0 Å². The van der Waals surface area contributed by atoms with Crippen molar-refractivity contribution in [1.82, 2.24) is 9.03 Å². The van der Waals surface area contributed by atoms with Crippen molar-refractivity contribution >= 4 is 16.2 Å². The maximum atomic E-state index is 12.5. The van der Waals surface area contributed by atoms with Crippen molar-refractivity contribution in [2.45, 2.75) is 58.4 Å². The molecule has 21 heavy (non-hydrogen) atoms. The second-order valence-corrected chi connectivity index (χ2v) is 8.82. The summed E-state index contributed by atoms with van der Waals surface area (Å²) in [4.78, 5) is 11.1. The van der Waals surface area contributed by atoms with Gasteiger partial charge in [0.15, 0.2) is 0 Å². The van der Waals surface area contributed by atoms with Crippen LogP contribution in [0.3, 0.4) is 0 Å². The van der Waals surface area contributed by atoms with Crippen molar-refractivity contribution < 1.29 is 18.3 Å². The van der Waals surface area contributed by atoms with Gasteiger partial charge in [-0.2, -0.15) is 17.4 Å². The van der Waals surface area contributed by atoms with Crippen LogP contribution in [0.25, 0.3) is 0 Å². The fraction of sp³-hybridized carbons (Fsp3) is 0.929. The summed E-state index contributed by atoms with van der Waals surface area (Å²) in [6.45, 7) is 4.82. The smallest absolute Gasteiger partial charge is 0.307 e. The monoisotopic (exact) mass is 318 g/mol. The van der Waals surface area contributed by atoms with E-state index in [9.17, 15) is 13.2 Å². The van der Waals surface area contributed by atoms with E-state index in [4.69, 9.17) is 5.11 Å². The molecule has 2 aliphatic rings. The predicted octanol–water partition coefficient (Wildman–Crippen LogP) is 1.59. The van der Waals surface area contributed by atoms with E-state index in [-0.39, 0.29) is 18.0 Å². The number of carbonyl (C=O) groups is 1. The zero-order valence-corrected chi connectivity index (χ0v) is 13.7. The summed E-state index contributed by atoms with van der Waals surface area (Å²) in [6, 6.07) is -0.0380. The molecular weight excluding hydrogens is 292 g/mol. The number of piperidine rings is 1. The first-order valence-electron chi connectivity index (χ1n) is 7.70. The van der Waals surface area contributed by atoms with Gasteiger partial charge in [0.2, 0.25) is 0 Å². The number of rotatable bonds is 4. The molecule has 0 aromatic carbocycles. The average molecular weight is 318 g/mol. The molecule has 0 bridgehead atoms. The molecular formula is C14H26N2O4S. The minimum Gasteiger partial charge on any atom is -0.481 e. The van der Waals surface area contributed by atoms with Crippen LogP contribution >= 0.6 is 0 Å². The van der Waals surface area contributed by atoms with Crippen molar-refractivity contribution in [3.63, 3.8) is 0 Å². The average Bonchev–Trinajstić information content (AvgIpc) is 2.37. The summed E-state index contributed by atoms with van der Waals surface area (Å²) in [6.07, 6.45) is 5.00. The highest BCUT2D eigenvalue weighted by Crippen LogP contribution is 2.35. The molecule has 2 unspecified atom stereocenters. The fourth-order valence-corrected chi connectivity index (χ4v) is 4.96. The van der Waals surface area contributed by atoms with Crippen molar-refractivity contribution in [3.8, 4) is 0 Å². The van der Waals surface area contributed by atoms with Crippen LogP contribution in [-0.2, 0) is 15.0 Å². The van der Waals surface area contributed by atoms with Gasteiger partial charge in [-0.25, -0.2) is 0 Å². The first-order valence-corrected chi connectivity index (χ1v) is 9.14. The van der Waals surface area contributed by atoms with Crippen molar-refractivity contribution in [2.24, 2.45) is 11.3 Å². The van der Waals surface area contributed by atoms with Crippen LogP contribution in [-0.4, -0.2) is 42.9 Å². The van der Waals surface area contributed by atoms with Gasteiger partial charge < -0.3 is 5.11 Å². The Bertz CT molecular complexity index is 489. The Hall–Kier alpha value is -0.660. The molecule has 0 amide bonds. The minimum atomic E-state index is -3.58. The topological polar surface area (TPSA) is 86.7 Å². The third-order valence-electron chi connectivity index (χ3n) is 4.59. The highest BCUT2D eigenvalue weighted by Gasteiger charge is 2.35. The minimum absolute atomic E-state index is 0.0380. The van der Waals surface area contributed by atoms with Crippen LogP contribution in [0.4, 0.5) is 0 Å². The summed E-state index contributed by atoms with van der Waals surface area (Å²) in [7, 11) is -3.58. The Morgan fingerprint density at radius 2 is 2.00 bits per heavy atom. The summed E-state index contributed by atoms with van der Waals surface area (Å²) >= 11 is 0. The lowest BCUT2D eigenvalue weighted by molar-refractivity contribution is -0.142. The molecule has 122 valence electrons. The molecule has 1 saturated heterocycles. The van der Waals surface area contributed by atoms with Crippen molar-refractivity contribution in [1.29, 1.82) is 0 Å². The van der Waals surface area contributed by atoms with Gasteiger partial charge in [0.1, 0.15) is 0 Å². The van der Waals surface area contributed by atoms with E-state index >= 15 is 0 Å². The van der Waals surface area contributed by atoms with Gasteiger partial charge in [0.05, 0.1) is 5.92 Å². The third kappa shape index (κ3) is 4.40. The second-order valence-electron chi connectivity index (χ2n) is 7.12. The molecule has 1 aliphatic carbocycles. The molecule has 2 rings (SSSR count). The molecule has 6 nitrogen and oxygen atoms in total. The number of nitrogens with one attached hydrogen (secondary N) is 1. The number of hydrogen-bond acceptors (Lipinski definition) is 3. The molecule has 1 aliphatic heterocycles. The van der Waals surface area contributed by atoms with Crippen molar-refractivity contribution in [2.75, 3.05) is 13.1 Å². The maximum Gasteiger partial charge on any atom is 0.307 e. The van der Waals surface area contributed by atoms with Gasteiger partial charge in [-0.15, -0.1) is 0 Å². The summed E-state index contributed by atoms with van der Waals surface area (Å²) in [5.74, 6) is -1.49. The lowest BCUT2D eigenvalue weighted by Crippen LogP contribution is -2.51. The van der Waals surface area contributed by atoms with Crippen LogP contribution in [0.15, 0.2) is 0 Å². The van der Waals surface area contributed by atoms with Gasteiger partial charge in [-0.05, 0) is 37.5 Å². The van der Waals surface area contributed by atoms with Crippen molar-refractivity contribution in [3.05, 3.63) is 0 Å². The first kappa shape index (κ1) is 16.7. The summed E-state index contributed by atoms with van der Waals surface area (Å²) in [5.41, 5.74) is 0.164. The number of carboxylic acids is 1. The molecule has 0 spiro atoms. The lowest BCUT2D eigenvalue weighted by Gasteiger charge is -2.37. The molecule has 0 aromatic heterocycles. The summed E-state index contributed by atoms with van der Waals surface area (Å²) < 4.78 is 29.0. The molecule has 7 heteroatoms. The third-order valence-corrected chi connectivity index (χ3v) is 6.24. The van der Waals surface area contributed by atoms with E-state index in [0.29, 0.717) is 19.4 Å². The van der Waals surface area contributed by atoms with Crippen LogP contribution < -0.4 is 4.72 Å². The van der Waals surface area contributed by atoms with Gasteiger partial charge in [-0.3, -0.25) is 4.79 Å². The Morgan fingerprint density at radius 3 is 2.62 bits per heavy atom. The highest BCUT2D eigenvalue weighted by molar-refractivity contribution is 7.87. The van der Waals surface area contributed by atoms with E-state index < -0.39 is 22.1 Å². The normalized spacial score (nSPS) is 31.0. The van der Waals surface area contributed by atoms with E-state index in [0.717, 1.165) is 25.7 Å². The molecule has 1 saturated carbocycles. The Labute approximate surface area is 127 Å². The molecule has 1 heterocycles. The highest BCUT2D eigenvalue weighted by atomic mass is 32.2. The van der Waals surface area contributed by atoms with Gasteiger partial charge in [0, 0.05) is 19.1 Å². The molecule has 2 atom stereocenters. The zero-order valence-electron chi connectivity index (χ0n) is 12.8. The number of nitrogens with zero attached hydrogens (tertiary/aromatic N) is 1. The molecule has 0 aromatic rings. The lowest BCUT2D eigenvalue weighted by atomic mass is 9.75. The van der Waals surface area contributed by atoms with Crippen LogP contribution in [0.1, 0.15) is 52.4 Å². The SMILES string of the molecule is CC1(C)CCCC(NS(=O)(=O)N2CCCC(C(=O)O)C2)C1. The number of carboxylic acid groups (broad SMARTS) is 1. The van der Waals surface area contributed by atoms with E-state index in [1.165, 1.54) is 4.31 Å². The molecule has 0 radical (unpaired) electrons. The number of hydrogen-bond donors (Lipinski definition) is 2. The van der Waals surface area contributed by atoms with E-state index in [1.807, 2.05) is 0 Å². The zero-order chi connectivity index (χ0) is 15.7. The first-order chi connectivity index (χ1) is 9.70. The van der Waals surface area contributed by atoms with Crippen LogP contribution in [0.2, 0.25) is 0 Å². The standard InChI is InChI=1S/C14H26N2O4S/c1-14(2)7-3-6-12(9-14)15-21(19,20)16-8-4-5-11(10-16)13(17)18/h11-12,15H,3-10H2,1-2H3,(H,17,18). The second kappa shape index (κ2) is 6.22. The Morgan fingerprint density at radius 1 is 1.29 bits per heavy atom. The summed E-state index contributed by atoms with van der Waals surface area (Å²) in [5, 5.41) is 9.07. The quantitative estimate of drug-likeness (QED) is 0.824. The van der Waals surface area contributed by atoms with Gasteiger partial charge in [0.25, 0.3) is 10.2 Å². The maximum absolute atomic E-state index is 12.5. The van der Waals surface area contributed by atoms with Crippen LogP contribution in [0.5, 0.6) is 0 Å². The predicted molar refractivity (Wildman–Crippen MR) is 80.0 cm³/mol. The number of aliphatic carboxylic acids is 1.